The van der Waals surface area contributed by atoms with E-state index in [1.165, 1.54) is 70.9 Å². The second-order valence-corrected chi connectivity index (χ2v) is 12.1. The van der Waals surface area contributed by atoms with Gasteiger partial charge in [-0.3, -0.25) is 0 Å². The zero-order chi connectivity index (χ0) is 30.7. The highest BCUT2D eigenvalue weighted by Gasteiger charge is 2.15. The molecule has 46 heavy (non-hydrogen) atoms. The molecule has 0 aliphatic heterocycles. The predicted molar refractivity (Wildman–Crippen MR) is 198 cm³/mol. The van der Waals surface area contributed by atoms with Gasteiger partial charge in [0, 0.05) is 5.92 Å². The maximum absolute atomic E-state index is 2.40. The Morgan fingerprint density at radius 1 is 0.370 bits per heavy atom. The molecule has 0 saturated heterocycles. The van der Waals surface area contributed by atoms with Crippen molar-refractivity contribution in [1.82, 2.24) is 0 Å². The Bertz CT molecular complexity index is 2270. The summed E-state index contributed by atoms with van der Waals surface area (Å²) in [6.07, 6.45) is 7.67. The van der Waals surface area contributed by atoms with Crippen LogP contribution in [0, 0.1) is 0 Å². The van der Waals surface area contributed by atoms with Crippen LogP contribution in [0.3, 0.4) is 0 Å². The van der Waals surface area contributed by atoms with Crippen LogP contribution in [0.15, 0.2) is 188 Å². The van der Waals surface area contributed by atoms with Gasteiger partial charge in [-0.25, -0.2) is 0 Å². The van der Waals surface area contributed by atoms with Gasteiger partial charge in [0.05, 0.1) is 0 Å². The molecule has 0 bridgehead atoms. The summed E-state index contributed by atoms with van der Waals surface area (Å²) < 4.78 is 0. The van der Waals surface area contributed by atoms with Gasteiger partial charge in [0.2, 0.25) is 0 Å². The largest absolute Gasteiger partial charge is 0.0801 e. The van der Waals surface area contributed by atoms with Gasteiger partial charge in [-0.1, -0.05) is 164 Å². The Kier molecular flexibility index (Phi) is 7.46. The van der Waals surface area contributed by atoms with E-state index in [4.69, 9.17) is 0 Å². The molecule has 0 aromatic heterocycles. The Hall–Kier alpha value is -5.72. The van der Waals surface area contributed by atoms with Crippen molar-refractivity contribution in [2.75, 3.05) is 0 Å². The van der Waals surface area contributed by atoms with Crippen molar-refractivity contribution in [3.8, 4) is 0 Å². The van der Waals surface area contributed by atoms with E-state index in [0.29, 0.717) is 5.92 Å². The van der Waals surface area contributed by atoms with Gasteiger partial charge in [0.1, 0.15) is 0 Å². The molecule has 0 atom stereocenters. The molecule has 8 aromatic rings. The average Bonchev–Trinajstić information content (AvgIpc) is 3.67. The molecule has 0 saturated carbocycles. The number of benzene rings is 8. The van der Waals surface area contributed by atoms with Gasteiger partial charge in [-0.2, -0.15) is 0 Å². The van der Waals surface area contributed by atoms with E-state index in [1.807, 2.05) is 0 Å². The molecule has 0 N–H and O–H groups in total. The number of rotatable bonds is 4. The molecule has 1 aliphatic rings. The van der Waals surface area contributed by atoms with Gasteiger partial charge in [0.25, 0.3) is 0 Å². The van der Waals surface area contributed by atoms with Crippen molar-refractivity contribution in [2.45, 2.75) is 12.3 Å². The van der Waals surface area contributed by atoms with Gasteiger partial charge in [-0.15, -0.1) is 0 Å². The normalized spacial score (nSPS) is 12.5. The van der Waals surface area contributed by atoms with Crippen LogP contribution in [0.4, 0.5) is 0 Å². The van der Waals surface area contributed by atoms with E-state index in [-0.39, 0.29) is 0 Å². The first-order valence-corrected chi connectivity index (χ1v) is 16.1. The molecular formula is C46H34. The first-order chi connectivity index (χ1) is 22.8. The fraction of sp³-hybridized carbons (Fsp3) is 0.0435. The Morgan fingerprint density at radius 2 is 0.848 bits per heavy atom. The summed E-state index contributed by atoms with van der Waals surface area (Å²) in [7, 11) is 0. The molecule has 0 spiro atoms. The van der Waals surface area contributed by atoms with Crippen LogP contribution in [0.2, 0.25) is 0 Å². The molecule has 0 radical (unpaired) electrons. The Labute approximate surface area is 270 Å². The van der Waals surface area contributed by atoms with Gasteiger partial charge in [-0.05, 0) is 102 Å². The van der Waals surface area contributed by atoms with Crippen LogP contribution in [0.5, 0.6) is 0 Å². The maximum Gasteiger partial charge on any atom is 0.0339 e. The minimum Gasteiger partial charge on any atom is -0.0801 e. The first kappa shape index (κ1) is 27.8. The zero-order valence-corrected chi connectivity index (χ0v) is 25.7. The van der Waals surface area contributed by atoms with Crippen LogP contribution in [0.25, 0.3) is 48.7 Å². The first-order valence-electron chi connectivity index (χ1n) is 16.1. The highest BCUT2D eigenvalue weighted by molar-refractivity contribution is 6.16. The van der Waals surface area contributed by atoms with Crippen LogP contribution >= 0.6 is 0 Å². The van der Waals surface area contributed by atoms with Crippen LogP contribution in [0.1, 0.15) is 34.6 Å². The fourth-order valence-corrected chi connectivity index (χ4v) is 6.96. The lowest BCUT2D eigenvalue weighted by atomic mass is 9.85. The summed E-state index contributed by atoms with van der Waals surface area (Å²) in [6.45, 7) is 0. The molecule has 1 aliphatic carbocycles. The third kappa shape index (κ3) is 5.40. The van der Waals surface area contributed by atoms with Crippen molar-refractivity contribution in [3.63, 3.8) is 0 Å². The van der Waals surface area contributed by atoms with Crippen LogP contribution in [-0.2, 0) is 0 Å². The molecule has 0 heteroatoms. The SMILES string of the molecule is C1=CCC(c2cccc3cc4ccc5cc6ccccc6cc5c4cc23)=C1.c1ccc(C(c2ccccc2)c2ccccc2)cc1. The molecular weight excluding hydrogens is 553 g/mol. The number of allylic oxidation sites excluding steroid dienone is 4. The highest BCUT2D eigenvalue weighted by atomic mass is 14.2. The quantitative estimate of drug-likeness (QED) is 0.109. The van der Waals surface area contributed by atoms with E-state index >= 15 is 0 Å². The van der Waals surface area contributed by atoms with Crippen molar-refractivity contribution < 1.29 is 0 Å². The monoisotopic (exact) mass is 586 g/mol. The van der Waals surface area contributed by atoms with Crippen LogP contribution in [-0.4, -0.2) is 0 Å². The molecule has 0 amide bonds. The van der Waals surface area contributed by atoms with Crippen molar-refractivity contribution in [1.29, 1.82) is 0 Å². The van der Waals surface area contributed by atoms with Gasteiger partial charge < -0.3 is 0 Å². The minimum absolute atomic E-state index is 0.309. The summed E-state index contributed by atoms with van der Waals surface area (Å²) in [5, 5.41) is 10.5. The molecule has 218 valence electrons. The standard InChI is InChI=1S/C27H18.C19H16/c1-2-7-18(6-1)24-11-5-10-21-15-23-13-12-22-14-19-8-3-4-9-20(19)16-25(22)27(23)17-26(21)24;1-4-10-16(11-5-1)19(17-12-6-2-7-13-17)18-14-8-3-9-15-18/h1-6,8-17H,7H2;1-15,19H. The number of fused-ring (bicyclic) bond motifs is 5. The minimum atomic E-state index is 0.309. The molecule has 0 nitrogen and oxygen atoms in total. The predicted octanol–water partition coefficient (Wildman–Crippen LogP) is 12.5. The maximum atomic E-state index is 2.40. The second kappa shape index (κ2) is 12.3. The smallest absolute Gasteiger partial charge is 0.0339 e. The topological polar surface area (TPSA) is 0 Å². The molecule has 0 heterocycles. The third-order valence-electron chi connectivity index (χ3n) is 9.22. The Morgan fingerprint density at radius 3 is 1.41 bits per heavy atom. The van der Waals surface area contributed by atoms with E-state index in [0.717, 1.165) is 6.42 Å². The second-order valence-electron chi connectivity index (χ2n) is 12.1. The summed E-state index contributed by atoms with van der Waals surface area (Å²) in [6, 6.07) is 61.2. The highest BCUT2D eigenvalue weighted by Crippen LogP contribution is 2.36. The summed E-state index contributed by atoms with van der Waals surface area (Å²) in [4.78, 5) is 0. The van der Waals surface area contributed by atoms with E-state index in [2.05, 4.69) is 188 Å². The number of hydrogen-bond acceptors (Lipinski definition) is 0. The summed E-state index contributed by atoms with van der Waals surface area (Å²) in [5.74, 6) is 0.309. The lowest BCUT2D eigenvalue weighted by Gasteiger charge is -2.18. The Balaban J connectivity index is 0.000000145. The van der Waals surface area contributed by atoms with E-state index < -0.39 is 0 Å². The zero-order valence-electron chi connectivity index (χ0n) is 25.7. The van der Waals surface area contributed by atoms with Crippen molar-refractivity contribution in [2.24, 2.45) is 0 Å². The summed E-state index contributed by atoms with van der Waals surface area (Å²) >= 11 is 0. The summed E-state index contributed by atoms with van der Waals surface area (Å²) in [5.41, 5.74) is 6.77. The molecule has 8 aromatic carbocycles. The fourth-order valence-electron chi connectivity index (χ4n) is 6.96. The third-order valence-corrected chi connectivity index (χ3v) is 9.22. The molecule has 0 unspecified atom stereocenters. The number of hydrogen-bond donors (Lipinski definition) is 0. The van der Waals surface area contributed by atoms with Crippen molar-refractivity contribution in [3.05, 3.63) is 210 Å². The lowest BCUT2D eigenvalue weighted by Crippen LogP contribution is -2.02. The lowest BCUT2D eigenvalue weighted by molar-refractivity contribution is 0.977. The average molecular weight is 587 g/mol. The van der Waals surface area contributed by atoms with E-state index in [9.17, 15) is 0 Å². The van der Waals surface area contributed by atoms with Gasteiger partial charge >= 0.3 is 0 Å². The molecule has 9 rings (SSSR count). The van der Waals surface area contributed by atoms with Gasteiger partial charge in [0.15, 0.2) is 0 Å². The van der Waals surface area contributed by atoms with Crippen molar-refractivity contribution >= 4 is 48.7 Å². The van der Waals surface area contributed by atoms with Crippen LogP contribution < -0.4 is 0 Å². The van der Waals surface area contributed by atoms with E-state index in [1.54, 1.807) is 0 Å². The molecule has 0 fully saturated rings.